The highest BCUT2D eigenvalue weighted by atomic mass is 19.2. The fourth-order valence-electron chi connectivity index (χ4n) is 4.05. The van der Waals surface area contributed by atoms with Crippen molar-refractivity contribution in [3.63, 3.8) is 0 Å². The summed E-state index contributed by atoms with van der Waals surface area (Å²) in [7, 11) is 0. The van der Waals surface area contributed by atoms with Gasteiger partial charge in [-0.15, -0.1) is 0 Å². The summed E-state index contributed by atoms with van der Waals surface area (Å²) < 4.78 is 27.7. The van der Waals surface area contributed by atoms with Crippen molar-refractivity contribution in [3.8, 4) is 0 Å². The highest BCUT2D eigenvalue weighted by Crippen LogP contribution is 2.28. The van der Waals surface area contributed by atoms with Crippen molar-refractivity contribution in [2.45, 2.75) is 25.8 Å². The molecule has 2 heterocycles. The third kappa shape index (κ3) is 4.13. The van der Waals surface area contributed by atoms with Crippen LogP contribution in [0.3, 0.4) is 0 Å². The molecule has 32 heavy (non-hydrogen) atoms. The quantitative estimate of drug-likeness (QED) is 0.409. The van der Waals surface area contributed by atoms with Gasteiger partial charge in [-0.25, -0.2) is 8.78 Å². The minimum absolute atomic E-state index is 0.0124. The van der Waals surface area contributed by atoms with E-state index in [1.165, 1.54) is 6.20 Å². The number of amides is 1. The molecule has 3 N–H and O–H groups in total. The van der Waals surface area contributed by atoms with Gasteiger partial charge < -0.3 is 20.0 Å². The lowest BCUT2D eigenvalue weighted by Crippen LogP contribution is -2.36. The van der Waals surface area contributed by atoms with E-state index < -0.39 is 23.2 Å². The van der Waals surface area contributed by atoms with Gasteiger partial charge in [-0.05, 0) is 53.9 Å². The molecule has 0 radical (unpaired) electrons. The van der Waals surface area contributed by atoms with Gasteiger partial charge in [0.25, 0.3) is 5.56 Å². The highest BCUT2D eigenvalue weighted by Gasteiger charge is 2.24. The molecule has 1 atom stereocenters. The lowest BCUT2D eigenvalue weighted by Gasteiger charge is -2.30. The molecule has 0 bridgehead atoms. The summed E-state index contributed by atoms with van der Waals surface area (Å²) in [5.74, 6) is -2.37. The number of carbonyl (C=O) groups excluding carboxylic acids is 1. The standard InChI is InChI=1S/C24H23F2N3O3/c1-14(19-13-27-24(32)18-12-21(26)20(25)11-17(18)19)29(7-4-8-30)23(31)10-16-9-15-5-2-3-6-22(15)28-16/h2-3,5-6,9,11-14,28,30H,4,7-8,10H2,1H3,(H,27,32). The van der Waals surface area contributed by atoms with Crippen molar-refractivity contribution < 1.29 is 18.7 Å². The van der Waals surface area contributed by atoms with Crippen LogP contribution in [0.25, 0.3) is 21.7 Å². The van der Waals surface area contributed by atoms with Gasteiger partial charge in [0.05, 0.1) is 17.8 Å². The number of aromatic nitrogens is 2. The van der Waals surface area contributed by atoms with Crippen LogP contribution in [0.4, 0.5) is 8.78 Å². The number of nitrogens with one attached hydrogen (secondary N) is 2. The van der Waals surface area contributed by atoms with Gasteiger partial charge in [-0.1, -0.05) is 18.2 Å². The molecular formula is C24H23F2N3O3. The van der Waals surface area contributed by atoms with Gasteiger partial charge in [-0.2, -0.15) is 0 Å². The number of carbonyl (C=O) groups is 1. The molecule has 166 valence electrons. The first-order chi connectivity index (χ1) is 15.4. The van der Waals surface area contributed by atoms with Crippen molar-refractivity contribution in [1.82, 2.24) is 14.9 Å². The zero-order valence-corrected chi connectivity index (χ0v) is 17.5. The number of halogens is 2. The maximum Gasteiger partial charge on any atom is 0.255 e. The molecule has 0 aliphatic rings. The van der Waals surface area contributed by atoms with Crippen LogP contribution < -0.4 is 5.56 Å². The van der Waals surface area contributed by atoms with Crippen molar-refractivity contribution in [3.05, 3.63) is 81.9 Å². The third-order valence-electron chi connectivity index (χ3n) is 5.70. The number of pyridine rings is 1. The van der Waals surface area contributed by atoms with Crippen LogP contribution in [0.1, 0.15) is 30.6 Å². The molecular weight excluding hydrogens is 416 g/mol. The van der Waals surface area contributed by atoms with Crippen LogP contribution in [0.2, 0.25) is 0 Å². The van der Waals surface area contributed by atoms with E-state index in [2.05, 4.69) is 9.97 Å². The fourth-order valence-corrected chi connectivity index (χ4v) is 4.05. The molecule has 1 amide bonds. The van der Waals surface area contributed by atoms with E-state index in [1.807, 2.05) is 30.3 Å². The highest BCUT2D eigenvalue weighted by molar-refractivity contribution is 5.87. The Kier molecular flexibility index (Phi) is 6.05. The summed E-state index contributed by atoms with van der Waals surface area (Å²) >= 11 is 0. The minimum Gasteiger partial charge on any atom is -0.396 e. The first-order valence-corrected chi connectivity index (χ1v) is 10.4. The number of fused-ring (bicyclic) bond motifs is 2. The molecule has 0 fully saturated rings. The van der Waals surface area contributed by atoms with Crippen LogP contribution in [0, 0.1) is 11.6 Å². The third-order valence-corrected chi connectivity index (χ3v) is 5.70. The Hall–Kier alpha value is -3.52. The predicted octanol–water partition coefficient (Wildman–Crippen LogP) is 3.80. The zero-order chi connectivity index (χ0) is 22.8. The summed E-state index contributed by atoms with van der Waals surface area (Å²) in [5, 5.41) is 10.6. The number of hydrogen-bond acceptors (Lipinski definition) is 3. The average Bonchev–Trinajstić information content (AvgIpc) is 3.17. The Labute approximate surface area is 182 Å². The molecule has 8 heteroatoms. The number of rotatable bonds is 7. The van der Waals surface area contributed by atoms with Crippen LogP contribution in [-0.2, 0) is 11.2 Å². The Bertz CT molecular complexity index is 1310. The van der Waals surface area contributed by atoms with E-state index >= 15 is 0 Å². The molecule has 2 aromatic heterocycles. The maximum atomic E-state index is 14.0. The summed E-state index contributed by atoms with van der Waals surface area (Å²) in [6.45, 7) is 1.92. The van der Waals surface area contributed by atoms with Crippen LogP contribution in [0.5, 0.6) is 0 Å². The molecule has 0 saturated carbocycles. The van der Waals surface area contributed by atoms with E-state index in [1.54, 1.807) is 11.8 Å². The minimum atomic E-state index is -1.11. The van der Waals surface area contributed by atoms with E-state index in [9.17, 15) is 23.5 Å². The van der Waals surface area contributed by atoms with Crippen LogP contribution in [0.15, 0.2) is 53.5 Å². The molecule has 2 aromatic carbocycles. The Morgan fingerprint density at radius 1 is 1.12 bits per heavy atom. The lowest BCUT2D eigenvalue weighted by atomic mass is 10.0. The van der Waals surface area contributed by atoms with Crippen molar-refractivity contribution in [2.75, 3.05) is 13.2 Å². The van der Waals surface area contributed by atoms with Gasteiger partial charge >= 0.3 is 0 Å². The zero-order valence-electron chi connectivity index (χ0n) is 17.5. The smallest absolute Gasteiger partial charge is 0.255 e. The van der Waals surface area contributed by atoms with Crippen LogP contribution >= 0.6 is 0 Å². The number of aliphatic hydroxyl groups is 1. The Morgan fingerprint density at radius 3 is 2.56 bits per heavy atom. The average molecular weight is 439 g/mol. The second-order valence-electron chi connectivity index (χ2n) is 7.78. The number of hydrogen-bond donors (Lipinski definition) is 3. The monoisotopic (exact) mass is 439 g/mol. The number of nitrogens with zero attached hydrogens (tertiary/aromatic N) is 1. The van der Waals surface area contributed by atoms with E-state index in [-0.39, 0.29) is 36.3 Å². The van der Waals surface area contributed by atoms with Crippen molar-refractivity contribution in [1.29, 1.82) is 0 Å². The number of benzene rings is 2. The normalized spacial score (nSPS) is 12.4. The van der Waals surface area contributed by atoms with Crippen molar-refractivity contribution >= 4 is 27.6 Å². The summed E-state index contributed by atoms with van der Waals surface area (Å²) in [5.41, 5.74) is 1.62. The van der Waals surface area contributed by atoms with E-state index in [0.717, 1.165) is 28.7 Å². The summed E-state index contributed by atoms with van der Waals surface area (Å²) in [6, 6.07) is 10.9. The van der Waals surface area contributed by atoms with Gasteiger partial charge in [0, 0.05) is 30.6 Å². The maximum absolute atomic E-state index is 14.0. The summed E-state index contributed by atoms with van der Waals surface area (Å²) in [6.07, 6.45) is 1.89. The molecule has 6 nitrogen and oxygen atoms in total. The lowest BCUT2D eigenvalue weighted by molar-refractivity contribution is -0.132. The van der Waals surface area contributed by atoms with Crippen LogP contribution in [-0.4, -0.2) is 39.0 Å². The SMILES string of the molecule is CC(c1c[nH]c(=O)c2cc(F)c(F)cc12)N(CCCO)C(=O)Cc1cc2ccccc2[nH]1. The van der Waals surface area contributed by atoms with Gasteiger partial charge in [0.15, 0.2) is 11.6 Å². The van der Waals surface area contributed by atoms with E-state index in [4.69, 9.17) is 0 Å². The van der Waals surface area contributed by atoms with Gasteiger partial charge in [0.1, 0.15) is 0 Å². The molecule has 4 rings (SSSR count). The summed E-state index contributed by atoms with van der Waals surface area (Å²) in [4.78, 5) is 32.8. The first kappa shape index (κ1) is 21.7. The molecule has 0 saturated heterocycles. The molecule has 0 spiro atoms. The van der Waals surface area contributed by atoms with Crippen molar-refractivity contribution in [2.24, 2.45) is 0 Å². The number of aliphatic hydroxyl groups excluding tert-OH is 1. The number of para-hydroxylation sites is 1. The molecule has 0 aliphatic carbocycles. The molecule has 0 aliphatic heterocycles. The van der Waals surface area contributed by atoms with E-state index in [0.29, 0.717) is 12.0 Å². The second-order valence-corrected chi connectivity index (χ2v) is 7.78. The molecule has 4 aromatic rings. The Morgan fingerprint density at radius 2 is 1.84 bits per heavy atom. The first-order valence-electron chi connectivity index (χ1n) is 10.4. The van der Waals surface area contributed by atoms with Gasteiger partial charge in [-0.3, -0.25) is 9.59 Å². The van der Waals surface area contributed by atoms with Gasteiger partial charge in [0.2, 0.25) is 5.91 Å². The molecule has 1 unspecified atom stereocenters. The Balaban J connectivity index is 1.69. The predicted molar refractivity (Wildman–Crippen MR) is 118 cm³/mol. The largest absolute Gasteiger partial charge is 0.396 e. The fraction of sp³-hybridized carbons (Fsp3) is 0.250. The topological polar surface area (TPSA) is 89.2 Å². The second kappa shape index (κ2) is 8.92. The number of H-pyrrole nitrogens is 2. The number of aromatic amines is 2.